The van der Waals surface area contributed by atoms with E-state index in [4.69, 9.17) is 9.47 Å². The Balaban J connectivity index is 1.24. The number of amides is 2. The fraction of sp³-hybridized carbons (Fsp3) is 0.250. The van der Waals surface area contributed by atoms with E-state index in [0.29, 0.717) is 32.1 Å². The third-order valence-corrected chi connectivity index (χ3v) is 7.71. The summed E-state index contributed by atoms with van der Waals surface area (Å²) in [6.45, 7) is 8.91. The van der Waals surface area contributed by atoms with Gasteiger partial charge in [0.2, 0.25) is 0 Å². The first kappa shape index (κ1) is 30.9. The van der Waals surface area contributed by atoms with E-state index in [0.717, 1.165) is 39.5 Å². The standard InChI is InChI=1S/C32H36N2O4S2/c1-3-25-11-13-27(14-12-25)23-39-17-15-37-31(35)33-21-28-8-6-9-29(20-28)22-34-32(36)38-16-18-40-24-30-10-5-7-26(4-2)19-30/h3-14,19-20H,1-2,15-18,21-24H2,(H,33,35)(H,34,36). The molecule has 0 bridgehead atoms. The maximum atomic E-state index is 12.1. The van der Waals surface area contributed by atoms with Gasteiger partial charge in [0.25, 0.3) is 0 Å². The van der Waals surface area contributed by atoms with Crippen molar-refractivity contribution < 1.29 is 19.1 Å². The van der Waals surface area contributed by atoms with Crippen LogP contribution in [0.3, 0.4) is 0 Å². The Morgan fingerprint density at radius 3 is 1.75 bits per heavy atom. The largest absolute Gasteiger partial charge is 0.449 e. The van der Waals surface area contributed by atoms with E-state index in [2.05, 4.69) is 48.1 Å². The van der Waals surface area contributed by atoms with Crippen LogP contribution in [0.4, 0.5) is 9.59 Å². The van der Waals surface area contributed by atoms with Gasteiger partial charge in [-0.2, -0.15) is 23.5 Å². The van der Waals surface area contributed by atoms with Crippen molar-refractivity contribution in [1.29, 1.82) is 0 Å². The number of benzene rings is 3. The molecule has 3 aromatic rings. The lowest BCUT2D eigenvalue weighted by atomic mass is 10.1. The van der Waals surface area contributed by atoms with Crippen LogP contribution in [0.15, 0.2) is 86.0 Å². The van der Waals surface area contributed by atoms with E-state index >= 15 is 0 Å². The Labute approximate surface area is 245 Å². The van der Waals surface area contributed by atoms with E-state index in [9.17, 15) is 9.59 Å². The second-order valence-electron chi connectivity index (χ2n) is 8.80. The number of alkyl carbamates (subject to hydrolysis) is 2. The molecule has 0 heterocycles. The number of ether oxygens (including phenoxy) is 2. The number of rotatable bonds is 16. The van der Waals surface area contributed by atoms with Crippen LogP contribution in [0, 0.1) is 0 Å². The zero-order valence-electron chi connectivity index (χ0n) is 22.6. The van der Waals surface area contributed by atoms with Gasteiger partial charge in [-0.1, -0.05) is 98.1 Å². The Kier molecular flexibility index (Phi) is 13.8. The third-order valence-electron chi connectivity index (χ3n) is 5.73. The number of hydrogen-bond acceptors (Lipinski definition) is 6. The average Bonchev–Trinajstić information content (AvgIpc) is 2.99. The molecule has 0 radical (unpaired) electrons. The van der Waals surface area contributed by atoms with Crippen LogP contribution in [-0.4, -0.2) is 36.9 Å². The zero-order valence-corrected chi connectivity index (χ0v) is 24.2. The van der Waals surface area contributed by atoms with Gasteiger partial charge in [-0.05, 0) is 33.4 Å². The molecular formula is C32H36N2O4S2. The van der Waals surface area contributed by atoms with Gasteiger partial charge >= 0.3 is 12.2 Å². The molecule has 0 spiro atoms. The summed E-state index contributed by atoms with van der Waals surface area (Å²) >= 11 is 3.42. The summed E-state index contributed by atoms with van der Waals surface area (Å²) in [4.78, 5) is 24.1. The van der Waals surface area contributed by atoms with Crippen molar-refractivity contribution in [1.82, 2.24) is 10.6 Å². The summed E-state index contributed by atoms with van der Waals surface area (Å²) in [6.07, 6.45) is 2.75. The van der Waals surface area contributed by atoms with Crippen molar-refractivity contribution in [3.63, 3.8) is 0 Å². The van der Waals surface area contributed by atoms with Crippen molar-refractivity contribution in [2.75, 3.05) is 24.7 Å². The third kappa shape index (κ3) is 12.1. The molecule has 0 aliphatic rings. The number of nitrogens with one attached hydrogen (secondary N) is 2. The maximum Gasteiger partial charge on any atom is 0.407 e. The quantitative estimate of drug-likeness (QED) is 0.174. The molecule has 210 valence electrons. The van der Waals surface area contributed by atoms with E-state index in [1.54, 1.807) is 23.5 Å². The Morgan fingerprint density at radius 2 is 1.18 bits per heavy atom. The van der Waals surface area contributed by atoms with Gasteiger partial charge in [-0.25, -0.2) is 9.59 Å². The summed E-state index contributed by atoms with van der Waals surface area (Å²) in [5, 5.41) is 5.54. The molecule has 0 aliphatic carbocycles. The van der Waals surface area contributed by atoms with Crippen molar-refractivity contribution >= 4 is 47.9 Å². The minimum absolute atomic E-state index is 0.338. The molecular weight excluding hydrogens is 540 g/mol. The molecule has 0 aromatic heterocycles. The molecule has 8 heteroatoms. The zero-order chi connectivity index (χ0) is 28.4. The first-order valence-corrected chi connectivity index (χ1v) is 15.3. The molecule has 6 nitrogen and oxygen atoms in total. The molecule has 40 heavy (non-hydrogen) atoms. The van der Waals surface area contributed by atoms with E-state index in [1.807, 2.05) is 60.7 Å². The summed E-state index contributed by atoms with van der Waals surface area (Å²) in [7, 11) is 0. The van der Waals surface area contributed by atoms with Crippen LogP contribution in [0.5, 0.6) is 0 Å². The fourth-order valence-corrected chi connectivity index (χ4v) is 5.16. The van der Waals surface area contributed by atoms with E-state index < -0.39 is 12.2 Å². The Morgan fingerprint density at radius 1 is 0.650 bits per heavy atom. The molecule has 0 atom stereocenters. The number of hydrogen-bond donors (Lipinski definition) is 2. The number of carbonyl (C=O) groups excluding carboxylic acids is 2. The van der Waals surface area contributed by atoms with Gasteiger partial charge < -0.3 is 20.1 Å². The minimum atomic E-state index is -0.451. The molecule has 3 rings (SSSR count). The van der Waals surface area contributed by atoms with Gasteiger partial charge in [0, 0.05) is 36.1 Å². The fourth-order valence-electron chi connectivity index (χ4n) is 3.63. The highest BCUT2D eigenvalue weighted by Gasteiger charge is 2.06. The highest BCUT2D eigenvalue weighted by Crippen LogP contribution is 2.15. The van der Waals surface area contributed by atoms with Crippen molar-refractivity contribution in [3.8, 4) is 0 Å². The number of thioether (sulfide) groups is 2. The monoisotopic (exact) mass is 576 g/mol. The van der Waals surface area contributed by atoms with E-state index in [-0.39, 0.29) is 0 Å². The predicted octanol–water partition coefficient (Wildman–Crippen LogP) is 7.29. The van der Waals surface area contributed by atoms with Gasteiger partial charge in [0.15, 0.2) is 0 Å². The van der Waals surface area contributed by atoms with Crippen molar-refractivity contribution in [3.05, 3.63) is 119 Å². The second-order valence-corrected chi connectivity index (χ2v) is 11.0. The number of carbonyl (C=O) groups is 2. The summed E-state index contributed by atoms with van der Waals surface area (Å²) in [5.41, 5.74) is 6.47. The molecule has 3 aromatic carbocycles. The first-order chi connectivity index (χ1) is 19.6. The van der Waals surface area contributed by atoms with Gasteiger partial charge in [0.1, 0.15) is 13.2 Å². The SMILES string of the molecule is C=Cc1ccc(CSCCOC(=O)NCc2cccc(CNC(=O)OCCSCc3cccc(C=C)c3)c2)cc1. The smallest absolute Gasteiger partial charge is 0.407 e. The first-order valence-electron chi connectivity index (χ1n) is 13.0. The van der Waals surface area contributed by atoms with E-state index in [1.165, 1.54) is 11.1 Å². The minimum Gasteiger partial charge on any atom is -0.449 e. The molecule has 0 unspecified atom stereocenters. The Hall–Kier alpha value is -3.62. The second kappa shape index (κ2) is 17.9. The van der Waals surface area contributed by atoms with Crippen LogP contribution in [0.25, 0.3) is 12.2 Å². The molecule has 0 fully saturated rings. The highest BCUT2D eigenvalue weighted by molar-refractivity contribution is 7.98. The highest BCUT2D eigenvalue weighted by atomic mass is 32.2. The van der Waals surface area contributed by atoms with Gasteiger partial charge in [0.05, 0.1) is 0 Å². The predicted molar refractivity (Wildman–Crippen MR) is 168 cm³/mol. The molecule has 2 amide bonds. The Bertz CT molecular complexity index is 1250. The molecule has 2 N–H and O–H groups in total. The topological polar surface area (TPSA) is 76.7 Å². The van der Waals surface area contributed by atoms with Crippen LogP contribution < -0.4 is 10.6 Å². The van der Waals surface area contributed by atoms with Crippen LogP contribution in [-0.2, 0) is 34.1 Å². The lowest BCUT2D eigenvalue weighted by molar-refractivity contribution is 0.152. The van der Waals surface area contributed by atoms with Crippen molar-refractivity contribution in [2.45, 2.75) is 24.6 Å². The lowest BCUT2D eigenvalue weighted by Crippen LogP contribution is -2.25. The lowest BCUT2D eigenvalue weighted by Gasteiger charge is -2.10. The molecule has 0 saturated carbocycles. The summed E-state index contributed by atoms with van der Waals surface area (Å²) in [5.74, 6) is 3.15. The maximum absolute atomic E-state index is 12.1. The van der Waals surface area contributed by atoms with Crippen LogP contribution in [0.1, 0.15) is 33.4 Å². The molecule has 0 saturated heterocycles. The van der Waals surface area contributed by atoms with Gasteiger partial charge in [-0.3, -0.25) is 0 Å². The summed E-state index contributed by atoms with van der Waals surface area (Å²) < 4.78 is 10.6. The van der Waals surface area contributed by atoms with Crippen LogP contribution in [0.2, 0.25) is 0 Å². The van der Waals surface area contributed by atoms with Crippen molar-refractivity contribution in [2.24, 2.45) is 0 Å². The molecule has 0 aliphatic heterocycles. The summed E-state index contributed by atoms with van der Waals surface area (Å²) in [6, 6.07) is 24.1. The average molecular weight is 577 g/mol. The normalized spacial score (nSPS) is 10.4. The van der Waals surface area contributed by atoms with Crippen LogP contribution >= 0.6 is 23.5 Å². The van der Waals surface area contributed by atoms with Gasteiger partial charge in [-0.15, -0.1) is 0 Å².